The van der Waals surface area contributed by atoms with Crippen molar-refractivity contribution in [3.05, 3.63) is 145 Å². The lowest BCUT2D eigenvalue weighted by Gasteiger charge is -2.17. The monoisotopic (exact) mass is 522 g/mol. The zero-order chi connectivity index (χ0) is 27.3. The van der Waals surface area contributed by atoms with E-state index in [2.05, 4.69) is 120 Å². The second-order valence-corrected chi connectivity index (χ2v) is 10.7. The summed E-state index contributed by atoms with van der Waals surface area (Å²) in [6.45, 7) is 2.03. The summed E-state index contributed by atoms with van der Waals surface area (Å²) in [7, 11) is 0. The van der Waals surface area contributed by atoms with Crippen molar-refractivity contribution in [2.75, 3.05) is 0 Å². The predicted octanol–water partition coefficient (Wildman–Crippen LogP) is 10.4. The molecule has 0 radical (unpaired) electrons. The minimum Gasteiger partial charge on any atom is -0.256 e. The van der Waals surface area contributed by atoms with E-state index in [-0.39, 0.29) is 0 Å². The summed E-state index contributed by atoms with van der Waals surface area (Å²) >= 11 is 0. The second-order valence-electron chi connectivity index (χ2n) is 10.7. The van der Waals surface area contributed by atoms with Gasteiger partial charge in [-0.1, -0.05) is 109 Å². The molecule has 0 N–H and O–H groups in total. The zero-order valence-electron chi connectivity index (χ0n) is 22.7. The van der Waals surface area contributed by atoms with Crippen LogP contribution in [0.15, 0.2) is 140 Å². The second kappa shape index (κ2) is 9.39. The Bertz CT molecular complexity index is 2180. The molecule has 6 aromatic carbocycles. The molecule has 0 fully saturated rings. The van der Waals surface area contributed by atoms with E-state index >= 15 is 0 Å². The van der Waals surface area contributed by atoms with Crippen molar-refractivity contribution in [3.8, 4) is 44.8 Å². The Balaban J connectivity index is 1.26. The van der Waals surface area contributed by atoms with Gasteiger partial charge in [0.25, 0.3) is 0 Å². The fraction of sp³-hybridized carbons (Fsp3) is 0.0256. The maximum absolute atomic E-state index is 4.70. The molecular formula is C39H26N2. The van der Waals surface area contributed by atoms with Crippen molar-refractivity contribution in [1.29, 1.82) is 0 Å². The SMILES string of the molecule is Cc1cccc(-c2ccc(-c3ccc4ccc5c(-c6ccc(-c7ccccn7)cc6)ccc6ccc3c4c65)cc2)n1. The third-order valence-electron chi connectivity index (χ3n) is 8.20. The normalized spacial score (nSPS) is 11.5. The quantitative estimate of drug-likeness (QED) is 0.215. The van der Waals surface area contributed by atoms with Gasteiger partial charge in [-0.3, -0.25) is 9.97 Å². The highest BCUT2D eigenvalue weighted by Crippen LogP contribution is 2.42. The number of hydrogen-bond acceptors (Lipinski definition) is 2. The third kappa shape index (κ3) is 3.96. The Morgan fingerprint density at radius 3 is 1.46 bits per heavy atom. The van der Waals surface area contributed by atoms with Gasteiger partial charge in [0.15, 0.2) is 0 Å². The first-order valence-electron chi connectivity index (χ1n) is 14.0. The van der Waals surface area contributed by atoms with Gasteiger partial charge in [-0.15, -0.1) is 0 Å². The van der Waals surface area contributed by atoms with Crippen molar-refractivity contribution in [1.82, 2.24) is 9.97 Å². The molecular weight excluding hydrogens is 496 g/mol. The van der Waals surface area contributed by atoms with Gasteiger partial charge in [0.1, 0.15) is 0 Å². The Hall–Kier alpha value is -5.34. The highest BCUT2D eigenvalue weighted by molar-refractivity contribution is 6.27. The number of aromatic nitrogens is 2. The molecule has 2 nitrogen and oxygen atoms in total. The maximum Gasteiger partial charge on any atom is 0.0705 e. The number of benzene rings is 6. The van der Waals surface area contributed by atoms with E-state index in [0.29, 0.717) is 0 Å². The van der Waals surface area contributed by atoms with Crippen LogP contribution in [0.1, 0.15) is 5.69 Å². The van der Waals surface area contributed by atoms with Gasteiger partial charge in [-0.25, -0.2) is 0 Å². The zero-order valence-corrected chi connectivity index (χ0v) is 22.7. The van der Waals surface area contributed by atoms with Gasteiger partial charge in [0, 0.05) is 23.0 Å². The highest BCUT2D eigenvalue weighted by atomic mass is 14.7. The van der Waals surface area contributed by atoms with Crippen LogP contribution < -0.4 is 0 Å². The van der Waals surface area contributed by atoms with Crippen molar-refractivity contribution in [2.45, 2.75) is 6.92 Å². The van der Waals surface area contributed by atoms with Crippen LogP contribution in [-0.4, -0.2) is 9.97 Å². The van der Waals surface area contributed by atoms with E-state index < -0.39 is 0 Å². The molecule has 0 bridgehead atoms. The molecule has 0 aliphatic heterocycles. The number of pyridine rings is 2. The van der Waals surface area contributed by atoms with E-state index in [1.54, 1.807) is 0 Å². The molecule has 41 heavy (non-hydrogen) atoms. The Labute approximate surface area is 238 Å². The van der Waals surface area contributed by atoms with Gasteiger partial charge < -0.3 is 0 Å². The first-order valence-corrected chi connectivity index (χ1v) is 14.0. The summed E-state index contributed by atoms with van der Waals surface area (Å²) in [5, 5.41) is 7.76. The molecule has 0 aliphatic carbocycles. The van der Waals surface area contributed by atoms with Crippen molar-refractivity contribution < 1.29 is 0 Å². The van der Waals surface area contributed by atoms with Gasteiger partial charge in [-0.2, -0.15) is 0 Å². The van der Waals surface area contributed by atoms with Crippen LogP contribution in [0.25, 0.3) is 77.1 Å². The number of nitrogens with zero attached hydrogens (tertiary/aromatic N) is 2. The van der Waals surface area contributed by atoms with Gasteiger partial charge in [0.05, 0.1) is 11.4 Å². The Kier molecular flexibility index (Phi) is 5.39. The van der Waals surface area contributed by atoms with Crippen molar-refractivity contribution in [2.24, 2.45) is 0 Å². The molecule has 0 aliphatic rings. The molecule has 2 heteroatoms. The molecule has 192 valence electrons. The van der Waals surface area contributed by atoms with Crippen LogP contribution in [0.2, 0.25) is 0 Å². The van der Waals surface area contributed by atoms with Crippen molar-refractivity contribution in [3.63, 3.8) is 0 Å². The van der Waals surface area contributed by atoms with E-state index in [0.717, 1.165) is 28.2 Å². The molecule has 0 amide bonds. The molecule has 2 aromatic heterocycles. The smallest absolute Gasteiger partial charge is 0.0705 e. The summed E-state index contributed by atoms with van der Waals surface area (Å²) in [4.78, 5) is 9.21. The molecule has 0 atom stereocenters. The van der Waals surface area contributed by atoms with Crippen LogP contribution >= 0.6 is 0 Å². The van der Waals surface area contributed by atoms with Crippen LogP contribution in [0.3, 0.4) is 0 Å². The summed E-state index contributed by atoms with van der Waals surface area (Å²) in [5.41, 5.74) is 10.2. The molecule has 2 heterocycles. The minimum absolute atomic E-state index is 0.991. The summed E-state index contributed by atoms with van der Waals surface area (Å²) in [5.74, 6) is 0. The fourth-order valence-corrected chi connectivity index (χ4v) is 6.18. The topological polar surface area (TPSA) is 25.8 Å². The summed E-state index contributed by atoms with van der Waals surface area (Å²) < 4.78 is 0. The summed E-state index contributed by atoms with van der Waals surface area (Å²) in [6.07, 6.45) is 1.84. The number of rotatable bonds is 4. The first kappa shape index (κ1) is 23.5. The maximum atomic E-state index is 4.70. The van der Waals surface area contributed by atoms with Gasteiger partial charge >= 0.3 is 0 Å². The van der Waals surface area contributed by atoms with E-state index in [4.69, 9.17) is 4.98 Å². The number of hydrogen-bond donors (Lipinski definition) is 0. The lowest BCUT2D eigenvalue weighted by molar-refractivity contribution is 1.21. The summed E-state index contributed by atoms with van der Waals surface area (Å²) in [6, 6.07) is 47.9. The van der Waals surface area contributed by atoms with Crippen LogP contribution in [0, 0.1) is 6.92 Å². The van der Waals surface area contributed by atoms with Crippen LogP contribution in [-0.2, 0) is 0 Å². The van der Waals surface area contributed by atoms with Gasteiger partial charge in [0.2, 0.25) is 0 Å². The van der Waals surface area contributed by atoms with Crippen LogP contribution in [0.4, 0.5) is 0 Å². The fourth-order valence-electron chi connectivity index (χ4n) is 6.18. The van der Waals surface area contributed by atoms with Crippen molar-refractivity contribution >= 4 is 32.3 Å². The van der Waals surface area contributed by atoms with E-state index in [1.165, 1.54) is 54.6 Å². The highest BCUT2D eigenvalue weighted by Gasteiger charge is 2.15. The minimum atomic E-state index is 0.991. The van der Waals surface area contributed by atoms with E-state index in [9.17, 15) is 0 Å². The molecule has 0 unspecified atom stereocenters. The molecule has 8 aromatic rings. The predicted molar refractivity (Wildman–Crippen MR) is 172 cm³/mol. The van der Waals surface area contributed by atoms with Gasteiger partial charge in [-0.05, 0) is 85.8 Å². The third-order valence-corrected chi connectivity index (χ3v) is 8.20. The average Bonchev–Trinajstić information content (AvgIpc) is 3.04. The van der Waals surface area contributed by atoms with Crippen LogP contribution in [0.5, 0.6) is 0 Å². The Morgan fingerprint density at radius 2 is 0.927 bits per heavy atom. The lowest BCUT2D eigenvalue weighted by atomic mass is 9.87. The standard InChI is InChI=1S/C39H26N2/c1-25-5-4-7-37(41-25)29-14-10-27(11-15-29)33-21-17-31-18-22-34-32(20-16-30-19-23-35(33)39(31)38(30)34)26-8-12-28(13-9-26)36-6-2-3-24-40-36/h2-24H,1H3. The molecule has 0 saturated carbocycles. The lowest BCUT2D eigenvalue weighted by Crippen LogP contribution is -1.90. The molecule has 8 rings (SSSR count). The average molecular weight is 523 g/mol. The van der Waals surface area contributed by atoms with E-state index in [1.807, 2.05) is 31.3 Å². The number of aryl methyl sites for hydroxylation is 1. The molecule has 0 spiro atoms. The molecule has 0 saturated heterocycles. The largest absolute Gasteiger partial charge is 0.256 e. The first-order chi connectivity index (χ1) is 20.2. The Morgan fingerprint density at radius 1 is 0.415 bits per heavy atom.